The van der Waals surface area contributed by atoms with Gasteiger partial charge in [0.05, 0.1) is 17.2 Å². The summed E-state index contributed by atoms with van der Waals surface area (Å²) in [6, 6.07) is 5.05. The number of hydrogen-bond donors (Lipinski definition) is 1. The zero-order chi connectivity index (χ0) is 17.1. The van der Waals surface area contributed by atoms with Gasteiger partial charge in [-0.15, -0.1) is 0 Å². The summed E-state index contributed by atoms with van der Waals surface area (Å²) in [7, 11) is 0. The van der Waals surface area contributed by atoms with Gasteiger partial charge >= 0.3 is 5.69 Å². The number of H-pyrrole nitrogens is 1. The van der Waals surface area contributed by atoms with E-state index in [1.807, 2.05) is 13.0 Å². The average molecular weight is 330 g/mol. The van der Waals surface area contributed by atoms with Crippen LogP contribution in [0.3, 0.4) is 0 Å². The fourth-order valence-electron chi connectivity index (χ4n) is 3.18. The molecule has 0 saturated carbocycles. The molecule has 0 fully saturated rings. The lowest BCUT2D eigenvalue weighted by molar-refractivity contribution is -0.385. The number of nitrogens with one attached hydrogen (secondary N) is 1. The van der Waals surface area contributed by atoms with Gasteiger partial charge in [-0.05, 0) is 32.0 Å². The lowest BCUT2D eigenvalue weighted by Crippen LogP contribution is -2.31. The van der Waals surface area contributed by atoms with Crippen LogP contribution in [0.2, 0.25) is 0 Å². The number of nitro benzene ring substituents is 1. The summed E-state index contributed by atoms with van der Waals surface area (Å²) in [6.07, 6.45) is 2.04. The Hall–Kier alpha value is -2.41. The van der Waals surface area contributed by atoms with Gasteiger partial charge in [-0.3, -0.25) is 20.1 Å². The number of benzene rings is 1. The van der Waals surface area contributed by atoms with E-state index >= 15 is 0 Å². The predicted molar refractivity (Wildman–Crippen MR) is 91.1 cm³/mol. The standard InChI is InChI=1S/C17H22N4O3/c1-3-8-20-9-7-14-13(11-20)17(19-18-14)12-5-6-16(24-4-2)15(10-12)21(22)23/h5-6,10H,3-4,7-9,11H2,1-2H3,(H,18,19). The SMILES string of the molecule is CCCN1CCc2[nH]nc(-c3ccc(OCC)c([N+](=O)[O-])c3)c2C1. The van der Waals surface area contributed by atoms with Gasteiger partial charge in [0.1, 0.15) is 0 Å². The second-order valence-electron chi connectivity index (χ2n) is 5.93. The summed E-state index contributed by atoms with van der Waals surface area (Å²) in [5.74, 6) is 0.295. The molecule has 2 heterocycles. The Balaban J connectivity index is 1.97. The van der Waals surface area contributed by atoms with Gasteiger partial charge in [-0.25, -0.2) is 0 Å². The first kappa shape index (κ1) is 16.4. The second kappa shape index (κ2) is 7.00. The molecule has 0 saturated heterocycles. The Labute approximate surface area is 140 Å². The van der Waals surface area contributed by atoms with E-state index in [0.717, 1.165) is 55.0 Å². The van der Waals surface area contributed by atoms with Crippen molar-refractivity contribution in [3.63, 3.8) is 0 Å². The number of rotatable bonds is 6. The summed E-state index contributed by atoms with van der Waals surface area (Å²) in [4.78, 5) is 13.3. The summed E-state index contributed by atoms with van der Waals surface area (Å²) in [5, 5.41) is 18.9. The third-order valence-electron chi connectivity index (χ3n) is 4.28. The van der Waals surface area contributed by atoms with E-state index in [1.54, 1.807) is 12.1 Å². The fraction of sp³-hybridized carbons (Fsp3) is 0.471. The minimum Gasteiger partial charge on any atom is -0.487 e. The van der Waals surface area contributed by atoms with Crippen molar-refractivity contribution in [1.29, 1.82) is 0 Å². The fourth-order valence-corrected chi connectivity index (χ4v) is 3.18. The van der Waals surface area contributed by atoms with E-state index in [1.165, 1.54) is 0 Å². The molecule has 1 N–H and O–H groups in total. The first-order chi connectivity index (χ1) is 11.6. The quantitative estimate of drug-likeness (QED) is 0.649. The van der Waals surface area contributed by atoms with E-state index in [0.29, 0.717) is 12.4 Å². The molecule has 0 radical (unpaired) electrons. The molecule has 0 spiro atoms. The highest BCUT2D eigenvalue weighted by Crippen LogP contribution is 2.35. The van der Waals surface area contributed by atoms with Gasteiger partial charge in [0.15, 0.2) is 5.75 Å². The van der Waals surface area contributed by atoms with Crippen molar-refractivity contribution >= 4 is 5.69 Å². The first-order valence-electron chi connectivity index (χ1n) is 8.34. The first-order valence-corrected chi connectivity index (χ1v) is 8.34. The molecule has 24 heavy (non-hydrogen) atoms. The summed E-state index contributed by atoms with van der Waals surface area (Å²) >= 11 is 0. The highest BCUT2D eigenvalue weighted by molar-refractivity contribution is 5.69. The molecule has 7 nitrogen and oxygen atoms in total. The molecule has 1 aromatic carbocycles. The van der Waals surface area contributed by atoms with Crippen LogP contribution < -0.4 is 4.74 Å². The molecular weight excluding hydrogens is 308 g/mol. The summed E-state index contributed by atoms with van der Waals surface area (Å²) in [6.45, 7) is 7.27. The number of nitro groups is 1. The minimum absolute atomic E-state index is 0.0210. The van der Waals surface area contributed by atoms with Crippen LogP contribution in [-0.4, -0.2) is 39.7 Å². The number of fused-ring (bicyclic) bond motifs is 1. The van der Waals surface area contributed by atoms with Gasteiger partial charge in [0.25, 0.3) is 0 Å². The van der Waals surface area contributed by atoms with Crippen molar-refractivity contribution in [3.8, 4) is 17.0 Å². The Morgan fingerprint density at radius 2 is 2.25 bits per heavy atom. The topological polar surface area (TPSA) is 84.3 Å². The lowest BCUT2D eigenvalue weighted by Gasteiger charge is -2.26. The Bertz CT molecular complexity index is 741. The van der Waals surface area contributed by atoms with Crippen LogP contribution in [0.25, 0.3) is 11.3 Å². The molecule has 0 amide bonds. The molecule has 0 unspecified atom stereocenters. The Morgan fingerprint density at radius 1 is 1.42 bits per heavy atom. The van der Waals surface area contributed by atoms with Crippen molar-refractivity contribution in [2.75, 3.05) is 19.7 Å². The molecule has 0 atom stereocenters. The molecule has 1 aromatic heterocycles. The third kappa shape index (κ3) is 3.12. The average Bonchev–Trinajstić information content (AvgIpc) is 2.99. The van der Waals surface area contributed by atoms with E-state index in [4.69, 9.17) is 4.74 Å². The van der Waals surface area contributed by atoms with E-state index < -0.39 is 4.92 Å². The molecule has 0 bridgehead atoms. The monoisotopic (exact) mass is 330 g/mol. The van der Waals surface area contributed by atoms with Gasteiger partial charge in [0.2, 0.25) is 0 Å². The lowest BCUT2D eigenvalue weighted by atomic mass is 10.0. The van der Waals surface area contributed by atoms with Gasteiger partial charge in [-0.2, -0.15) is 5.10 Å². The maximum absolute atomic E-state index is 11.3. The van der Waals surface area contributed by atoms with Crippen LogP contribution in [0.4, 0.5) is 5.69 Å². The molecule has 0 aliphatic carbocycles. The Kier molecular flexibility index (Phi) is 4.80. The smallest absolute Gasteiger partial charge is 0.311 e. The number of aromatic nitrogens is 2. The molecular formula is C17H22N4O3. The zero-order valence-corrected chi connectivity index (χ0v) is 14.0. The molecule has 3 rings (SSSR count). The minimum atomic E-state index is -0.406. The van der Waals surface area contributed by atoms with Crippen molar-refractivity contribution < 1.29 is 9.66 Å². The maximum atomic E-state index is 11.3. The van der Waals surface area contributed by atoms with Crippen LogP contribution in [0.5, 0.6) is 5.75 Å². The third-order valence-corrected chi connectivity index (χ3v) is 4.28. The van der Waals surface area contributed by atoms with E-state index in [-0.39, 0.29) is 5.69 Å². The zero-order valence-electron chi connectivity index (χ0n) is 14.0. The van der Waals surface area contributed by atoms with Crippen LogP contribution >= 0.6 is 0 Å². The van der Waals surface area contributed by atoms with Crippen molar-refractivity contribution in [2.45, 2.75) is 33.2 Å². The molecule has 1 aliphatic heterocycles. The molecule has 128 valence electrons. The van der Waals surface area contributed by atoms with E-state index in [9.17, 15) is 10.1 Å². The van der Waals surface area contributed by atoms with Crippen molar-refractivity contribution in [1.82, 2.24) is 15.1 Å². The summed E-state index contributed by atoms with van der Waals surface area (Å²) in [5.41, 5.74) is 3.81. The van der Waals surface area contributed by atoms with Gasteiger partial charge < -0.3 is 4.74 Å². The molecule has 1 aliphatic rings. The predicted octanol–water partition coefficient (Wildman–Crippen LogP) is 3.15. The number of aromatic amines is 1. The van der Waals surface area contributed by atoms with Gasteiger partial charge in [0, 0.05) is 42.4 Å². The van der Waals surface area contributed by atoms with Crippen LogP contribution in [-0.2, 0) is 13.0 Å². The van der Waals surface area contributed by atoms with Crippen LogP contribution in [0, 0.1) is 10.1 Å². The normalized spacial score (nSPS) is 14.4. The van der Waals surface area contributed by atoms with Crippen molar-refractivity contribution in [2.24, 2.45) is 0 Å². The van der Waals surface area contributed by atoms with Crippen molar-refractivity contribution in [3.05, 3.63) is 39.6 Å². The van der Waals surface area contributed by atoms with Crippen LogP contribution in [0.1, 0.15) is 31.5 Å². The van der Waals surface area contributed by atoms with Gasteiger partial charge in [-0.1, -0.05) is 6.92 Å². The highest BCUT2D eigenvalue weighted by Gasteiger charge is 2.24. The highest BCUT2D eigenvalue weighted by atomic mass is 16.6. The second-order valence-corrected chi connectivity index (χ2v) is 5.93. The number of hydrogen-bond acceptors (Lipinski definition) is 5. The number of ether oxygens (including phenoxy) is 1. The maximum Gasteiger partial charge on any atom is 0.311 e. The number of nitrogens with zero attached hydrogens (tertiary/aromatic N) is 3. The Morgan fingerprint density at radius 3 is 2.96 bits per heavy atom. The molecule has 7 heteroatoms. The van der Waals surface area contributed by atoms with E-state index in [2.05, 4.69) is 22.0 Å². The molecule has 2 aromatic rings. The summed E-state index contributed by atoms with van der Waals surface area (Å²) < 4.78 is 5.35. The van der Waals surface area contributed by atoms with Crippen LogP contribution in [0.15, 0.2) is 18.2 Å². The largest absolute Gasteiger partial charge is 0.487 e.